The van der Waals surface area contributed by atoms with E-state index in [9.17, 15) is 9.18 Å². The molecule has 0 radical (unpaired) electrons. The third-order valence-corrected chi connectivity index (χ3v) is 2.86. The third-order valence-electron chi connectivity index (χ3n) is 2.41. The van der Waals surface area contributed by atoms with E-state index in [-0.39, 0.29) is 5.56 Å². The molecule has 18 heavy (non-hydrogen) atoms. The van der Waals surface area contributed by atoms with Crippen LogP contribution in [0.1, 0.15) is 16.1 Å². The van der Waals surface area contributed by atoms with Crippen molar-refractivity contribution in [3.05, 3.63) is 40.0 Å². The molecule has 0 fully saturated rings. The monoisotopic (exact) mass is 312 g/mol. The number of pyridine rings is 1. The van der Waals surface area contributed by atoms with Crippen molar-refractivity contribution >= 4 is 27.7 Å². The maximum Gasteiger partial charge on any atom is 0.261 e. The van der Waals surface area contributed by atoms with E-state index >= 15 is 0 Å². The van der Waals surface area contributed by atoms with E-state index in [2.05, 4.69) is 31.3 Å². The predicted molar refractivity (Wildman–Crippen MR) is 67.8 cm³/mol. The zero-order valence-electron chi connectivity index (χ0n) is 9.74. The Kier molecular flexibility index (Phi) is 3.42. The highest BCUT2D eigenvalue weighted by atomic mass is 79.9. The highest BCUT2D eigenvalue weighted by Gasteiger charge is 2.14. The summed E-state index contributed by atoms with van der Waals surface area (Å²) in [6.45, 7) is 1.85. The van der Waals surface area contributed by atoms with E-state index in [4.69, 9.17) is 0 Å². The van der Waals surface area contributed by atoms with Gasteiger partial charge in [-0.1, -0.05) is 0 Å². The number of hydrogen-bond acceptors (Lipinski definition) is 3. The molecule has 0 aliphatic carbocycles. The number of nitrogens with zero attached hydrogens (tertiary/aromatic N) is 3. The largest absolute Gasteiger partial charge is 0.305 e. The maximum atomic E-state index is 13.5. The minimum absolute atomic E-state index is 0.124. The highest BCUT2D eigenvalue weighted by molar-refractivity contribution is 9.10. The van der Waals surface area contributed by atoms with Crippen LogP contribution in [0.3, 0.4) is 0 Å². The zero-order valence-corrected chi connectivity index (χ0v) is 11.3. The van der Waals surface area contributed by atoms with Crippen molar-refractivity contribution in [2.75, 3.05) is 5.32 Å². The average molecular weight is 313 g/mol. The summed E-state index contributed by atoms with van der Waals surface area (Å²) in [7, 11) is 1.76. The minimum Gasteiger partial charge on any atom is -0.305 e. The lowest BCUT2D eigenvalue weighted by atomic mass is 10.2. The second kappa shape index (κ2) is 4.85. The van der Waals surface area contributed by atoms with Gasteiger partial charge in [-0.2, -0.15) is 9.49 Å². The number of rotatable bonds is 2. The first kappa shape index (κ1) is 12.7. The molecule has 0 unspecified atom stereocenters. The molecular weight excluding hydrogens is 303 g/mol. The summed E-state index contributed by atoms with van der Waals surface area (Å²) >= 11 is 3.03. The first-order valence-electron chi connectivity index (χ1n) is 5.11. The standard InChI is InChI=1S/C11H10BrFN4O/c1-6-5-9(16-17(6)2)15-11(18)7-3-4-8(12)14-10(7)13/h3-5H,1-2H3,(H,15,16,18). The Morgan fingerprint density at radius 2 is 2.22 bits per heavy atom. The molecular formula is C11H10BrFN4O. The lowest BCUT2D eigenvalue weighted by molar-refractivity contribution is 0.102. The van der Waals surface area contributed by atoms with Gasteiger partial charge in [0.2, 0.25) is 5.95 Å². The molecule has 2 rings (SSSR count). The Balaban J connectivity index is 2.22. The van der Waals surface area contributed by atoms with Gasteiger partial charge in [-0.3, -0.25) is 9.48 Å². The number of carbonyl (C=O) groups is 1. The molecule has 0 saturated carbocycles. The van der Waals surface area contributed by atoms with Crippen molar-refractivity contribution in [1.82, 2.24) is 14.8 Å². The fourth-order valence-corrected chi connectivity index (χ4v) is 1.67. The quantitative estimate of drug-likeness (QED) is 0.865. The van der Waals surface area contributed by atoms with Gasteiger partial charge in [-0.25, -0.2) is 4.98 Å². The van der Waals surface area contributed by atoms with Crippen molar-refractivity contribution in [2.24, 2.45) is 7.05 Å². The maximum absolute atomic E-state index is 13.5. The average Bonchev–Trinajstić information content (AvgIpc) is 2.57. The molecule has 5 nitrogen and oxygen atoms in total. The van der Waals surface area contributed by atoms with Gasteiger partial charge in [-0.05, 0) is 35.0 Å². The van der Waals surface area contributed by atoms with E-state index in [1.807, 2.05) is 6.92 Å². The number of aryl methyl sites for hydroxylation is 2. The Bertz CT molecular complexity index is 592. The fourth-order valence-electron chi connectivity index (χ4n) is 1.39. The summed E-state index contributed by atoms with van der Waals surface area (Å²) in [5, 5.41) is 6.57. The van der Waals surface area contributed by atoms with Crippen LogP contribution >= 0.6 is 15.9 Å². The molecule has 0 aliphatic heterocycles. The van der Waals surface area contributed by atoms with Gasteiger partial charge in [0.15, 0.2) is 5.82 Å². The van der Waals surface area contributed by atoms with Crippen LogP contribution in [0.15, 0.2) is 22.8 Å². The van der Waals surface area contributed by atoms with Crippen molar-refractivity contribution in [3.8, 4) is 0 Å². The molecule has 94 valence electrons. The summed E-state index contributed by atoms with van der Waals surface area (Å²) in [6.07, 6.45) is 0. The fraction of sp³-hybridized carbons (Fsp3) is 0.182. The van der Waals surface area contributed by atoms with Crippen molar-refractivity contribution < 1.29 is 9.18 Å². The summed E-state index contributed by atoms with van der Waals surface area (Å²) in [5.74, 6) is -1.03. The van der Waals surface area contributed by atoms with Crippen LogP contribution in [0.2, 0.25) is 0 Å². The lowest BCUT2D eigenvalue weighted by Crippen LogP contribution is -2.15. The molecule has 2 heterocycles. The highest BCUT2D eigenvalue weighted by Crippen LogP contribution is 2.13. The molecule has 0 bridgehead atoms. The molecule has 2 aromatic rings. The van der Waals surface area contributed by atoms with Crippen LogP contribution in [0.4, 0.5) is 10.2 Å². The van der Waals surface area contributed by atoms with E-state index < -0.39 is 11.9 Å². The molecule has 2 aromatic heterocycles. The van der Waals surface area contributed by atoms with E-state index in [1.165, 1.54) is 12.1 Å². The number of halogens is 2. The molecule has 0 spiro atoms. The number of amides is 1. The van der Waals surface area contributed by atoms with Gasteiger partial charge in [-0.15, -0.1) is 0 Å². The van der Waals surface area contributed by atoms with Crippen molar-refractivity contribution in [2.45, 2.75) is 6.92 Å². The summed E-state index contributed by atoms with van der Waals surface area (Å²) in [6, 6.07) is 4.56. The van der Waals surface area contributed by atoms with E-state index in [0.717, 1.165) is 5.69 Å². The predicted octanol–water partition coefficient (Wildman–Crippen LogP) is 2.28. The van der Waals surface area contributed by atoms with E-state index in [1.54, 1.807) is 17.8 Å². The second-order valence-corrected chi connectivity index (χ2v) is 4.53. The molecule has 0 atom stereocenters. The van der Waals surface area contributed by atoms with Gasteiger partial charge >= 0.3 is 0 Å². The van der Waals surface area contributed by atoms with Crippen LogP contribution in [0.25, 0.3) is 0 Å². The summed E-state index contributed by atoms with van der Waals surface area (Å²) < 4.78 is 15.4. The first-order chi connectivity index (χ1) is 8.47. The van der Waals surface area contributed by atoms with Crippen molar-refractivity contribution in [3.63, 3.8) is 0 Å². The molecule has 7 heteroatoms. The summed E-state index contributed by atoms with van der Waals surface area (Å²) in [5.41, 5.74) is 0.765. The Hall–Kier alpha value is -1.76. The molecule has 0 aliphatic rings. The Morgan fingerprint density at radius 3 is 2.78 bits per heavy atom. The lowest BCUT2D eigenvalue weighted by Gasteiger charge is -2.02. The molecule has 0 saturated heterocycles. The third kappa shape index (κ3) is 2.56. The number of nitrogens with one attached hydrogen (secondary N) is 1. The van der Waals surface area contributed by atoms with Crippen LogP contribution in [0.5, 0.6) is 0 Å². The van der Waals surface area contributed by atoms with Crippen molar-refractivity contribution in [1.29, 1.82) is 0 Å². The number of carbonyl (C=O) groups excluding carboxylic acids is 1. The van der Waals surface area contributed by atoms with Crippen LogP contribution < -0.4 is 5.32 Å². The normalized spacial score (nSPS) is 10.4. The van der Waals surface area contributed by atoms with Gasteiger partial charge in [0.05, 0.1) is 5.56 Å². The number of hydrogen-bond donors (Lipinski definition) is 1. The van der Waals surface area contributed by atoms with E-state index in [0.29, 0.717) is 10.4 Å². The minimum atomic E-state index is -0.825. The van der Waals surface area contributed by atoms with Crippen LogP contribution in [-0.2, 0) is 7.05 Å². The topological polar surface area (TPSA) is 59.8 Å². The zero-order chi connectivity index (χ0) is 13.3. The SMILES string of the molecule is Cc1cc(NC(=O)c2ccc(Br)nc2F)nn1C. The number of aromatic nitrogens is 3. The van der Waals surface area contributed by atoms with Gasteiger partial charge in [0, 0.05) is 18.8 Å². The summed E-state index contributed by atoms with van der Waals surface area (Å²) in [4.78, 5) is 15.3. The van der Waals surface area contributed by atoms with Gasteiger partial charge in [0.1, 0.15) is 4.60 Å². The Labute approximate surface area is 111 Å². The molecule has 1 N–H and O–H groups in total. The van der Waals surface area contributed by atoms with Crippen LogP contribution in [0, 0.1) is 12.9 Å². The Morgan fingerprint density at radius 1 is 1.50 bits per heavy atom. The first-order valence-corrected chi connectivity index (χ1v) is 5.90. The molecule has 1 amide bonds. The second-order valence-electron chi connectivity index (χ2n) is 3.72. The smallest absolute Gasteiger partial charge is 0.261 e. The van der Waals surface area contributed by atoms with Crippen LogP contribution in [-0.4, -0.2) is 20.7 Å². The molecule has 0 aromatic carbocycles. The van der Waals surface area contributed by atoms with Gasteiger partial charge in [0.25, 0.3) is 5.91 Å². The van der Waals surface area contributed by atoms with Gasteiger partial charge < -0.3 is 5.32 Å². The number of anilines is 1.